The summed E-state index contributed by atoms with van der Waals surface area (Å²) in [7, 11) is 0. The second kappa shape index (κ2) is 5.56. The van der Waals surface area contributed by atoms with Gasteiger partial charge in [0.25, 0.3) is 0 Å². The molecule has 0 radical (unpaired) electrons. The summed E-state index contributed by atoms with van der Waals surface area (Å²) in [5.74, 6) is 5.60. The molecular weight excluding hydrogens is 214 g/mol. The van der Waals surface area contributed by atoms with Crippen molar-refractivity contribution in [2.45, 2.75) is 25.9 Å². The van der Waals surface area contributed by atoms with E-state index < -0.39 is 0 Å². The molecule has 0 fully saturated rings. The molecule has 17 heavy (non-hydrogen) atoms. The lowest BCUT2D eigenvalue weighted by Gasteiger charge is -2.13. The Balaban J connectivity index is 2.11. The average molecular weight is 231 g/mol. The third-order valence-corrected chi connectivity index (χ3v) is 2.77. The summed E-state index contributed by atoms with van der Waals surface area (Å²) < 4.78 is 1.90. The molecule has 0 aromatic carbocycles. The zero-order valence-electron chi connectivity index (χ0n) is 9.87. The first kappa shape index (κ1) is 11.8. The molecule has 2 heterocycles. The zero-order chi connectivity index (χ0) is 12.1. The van der Waals surface area contributed by atoms with Gasteiger partial charge in [-0.05, 0) is 31.0 Å². The normalized spacial score (nSPS) is 12.6. The smallest absolute Gasteiger partial charge is 0.0538 e. The largest absolute Gasteiger partial charge is 0.273 e. The molecule has 3 N–H and O–H groups in total. The van der Waals surface area contributed by atoms with Crippen LogP contribution >= 0.6 is 0 Å². The van der Waals surface area contributed by atoms with E-state index in [0.29, 0.717) is 0 Å². The van der Waals surface area contributed by atoms with Crippen LogP contribution in [-0.4, -0.2) is 14.8 Å². The molecule has 0 aliphatic heterocycles. The second-order valence-electron chi connectivity index (χ2n) is 3.91. The Morgan fingerprint density at radius 2 is 2.18 bits per heavy atom. The summed E-state index contributed by atoms with van der Waals surface area (Å²) in [5, 5.41) is 4.25. The van der Waals surface area contributed by atoms with Gasteiger partial charge in [-0.1, -0.05) is 0 Å². The highest BCUT2D eigenvalue weighted by Gasteiger charge is 2.12. The second-order valence-corrected chi connectivity index (χ2v) is 3.91. The van der Waals surface area contributed by atoms with Crippen LogP contribution in [0.1, 0.15) is 24.1 Å². The van der Waals surface area contributed by atoms with E-state index >= 15 is 0 Å². The van der Waals surface area contributed by atoms with Gasteiger partial charge in [0, 0.05) is 30.7 Å². The van der Waals surface area contributed by atoms with Crippen LogP contribution in [-0.2, 0) is 13.0 Å². The molecule has 90 valence electrons. The number of nitrogens with zero attached hydrogens (tertiary/aromatic N) is 3. The lowest BCUT2D eigenvalue weighted by Crippen LogP contribution is -2.29. The van der Waals surface area contributed by atoms with Gasteiger partial charge in [0.2, 0.25) is 0 Å². The van der Waals surface area contributed by atoms with Gasteiger partial charge in [0.15, 0.2) is 0 Å². The summed E-state index contributed by atoms with van der Waals surface area (Å²) in [6, 6.07) is 4.07. The van der Waals surface area contributed by atoms with E-state index in [-0.39, 0.29) is 6.04 Å². The number of hydrazine groups is 1. The van der Waals surface area contributed by atoms with Crippen molar-refractivity contribution in [3.63, 3.8) is 0 Å². The predicted molar refractivity (Wildman–Crippen MR) is 65.9 cm³/mol. The third-order valence-electron chi connectivity index (χ3n) is 2.77. The highest BCUT2D eigenvalue weighted by molar-refractivity contribution is 5.18. The number of aryl methyl sites for hydroxylation is 1. The predicted octanol–water partition coefficient (Wildman–Crippen LogP) is 1.05. The quantitative estimate of drug-likeness (QED) is 0.596. The highest BCUT2D eigenvalue weighted by Crippen LogP contribution is 2.16. The average Bonchev–Trinajstić information content (AvgIpc) is 2.86. The van der Waals surface area contributed by atoms with E-state index in [2.05, 4.69) is 22.4 Å². The van der Waals surface area contributed by atoms with Gasteiger partial charge in [-0.25, -0.2) is 0 Å². The molecule has 0 bridgehead atoms. The van der Waals surface area contributed by atoms with E-state index in [1.165, 1.54) is 5.56 Å². The standard InChI is InChI=1S/C12H17N5/c1-2-17-9-11(8-15-17)12(16-13)7-10-3-5-14-6-4-10/h3-6,8-9,12,16H,2,7,13H2,1H3. The van der Waals surface area contributed by atoms with Crippen LogP contribution in [0.5, 0.6) is 0 Å². The van der Waals surface area contributed by atoms with Gasteiger partial charge in [-0.3, -0.25) is 20.9 Å². The fraction of sp³-hybridized carbons (Fsp3) is 0.333. The molecule has 0 aliphatic rings. The molecule has 2 aromatic rings. The van der Waals surface area contributed by atoms with Crippen molar-refractivity contribution in [1.29, 1.82) is 0 Å². The van der Waals surface area contributed by atoms with E-state index in [0.717, 1.165) is 18.5 Å². The molecule has 1 unspecified atom stereocenters. The Kier molecular flexibility index (Phi) is 3.85. The number of hydrogen-bond donors (Lipinski definition) is 2. The minimum absolute atomic E-state index is 0.0812. The number of hydrogen-bond acceptors (Lipinski definition) is 4. The fourth-order valence-electron chi connectivity index (χ4n) is 1.76. The van der Waals surface area contributed by atoms with E-state index in [4.69, 9.17) is 5.84 Å². The van der Waals surface area contributed by atoms with E-state index in [1.807, 2.05) is 29.2 Å². The van der Waals surface area contributed by atoms with Crippen molar-refractivity contribution in [2.24, 2.45) is 5.84 Å². The molecule has 0 aliphatic carbocycles. The molecule has 2 aromatic heterocycles. The summed E-state index contributed by atoms with van der Waals surface area (Å²) in [4.78, 5) is 4.00. The SMILES string of the molecule is CCn1cc(C(Cc2ccncc2)NN)cn1. The maximum atomic E-state index is 5.60. The summed E-state index contributed by atoms with van der Waals surface area (Å²) in [6.07, 6.45) is 8.28. The van der Waals surface area contributed by atoms with Gasteiger partial charge in [0.05, 0.1) is 12.2 Å². The van der Waals surface area contributed by atoms with E-state index in [1.54, 1.807) is 12.4 Å². The van der Waals surface area contributed by atoms with Crippen LogP contribution < -0.4 is 11.3 Å². The lowest BCUT2D eigenvalue weighted by molar-refractivity contribution is 0.550. The van der Waals surface area contributed by atoms with Crippen molar-refractivity contribution in [3.8, 4) is 0 Å². The maximum absolute atomic E-state index is 5.60. The Hall–Kier alpha value is -1.72. The molecule has 0 spiro atoms. The van der Waals surface area contributed by atoms with Crippen LogP contribution in [0.4, 0.5) is 0 Å². The van der Waals surface area contributed by atoms with Crippen molar-refractivity contribution in [3.05, 3.63) is 48.0 Å². The molecule has 0 amide bonds. The van der Waals surface area contributed by atoms with Gasteiger partial charge >= 0.3 is 0 Å². The minimum Gasteiger partial charge on any atom is -0.273 e. The third kappa shape index (κ3) is 2.89. The lowest BCUT2D eigenvalue weighted by atomic mass is 10.0. The molecule has 0 saturated carbocycles. The molecule has 1 atom stereocenters. The first-order valence-corrected chi connectivity index (χ1v) is 5.71. The number of nitrogens with one attached hydrogen (secondary N) is 1. The van der Waals surface area contributed by atoms with Crippen molar-refractivity contribution >= 4 is 0 Å². The van der Waals surface area contributed by atoms with Gasteiger partial charge in [-0.2, -0.15) is 5.10 Å². The van der Waals surface area contributed by atoms with E-state index in [9.17, 15) is 0 Å². The monoisotopic (exact) mass is 231 g/mol. The number of rotatable bonds is 5. The molecule has 0 saturated heterocycles. The number of nitrogens with two attached hydrogens (primary N) is 1. The maximum Gasteiger partial charge on any atom is 0.0538 e. The Labute approximate surface area is 101 Å². The number of pyridine rings is 1. The Morgan fingerprint density at radius 3 is 2.76 bits per heavy atom. The topological polar surface area (TPSA) is 68.8 Å². The Morgan fingerprint density at radius 1 is 1.41 bits per heavy atom. The van der Waals surface area contributed by atoms with Crippen LogP contribution in [0.2, 0.25) is 0 Å². The highest BCUT2D eigenvalue weighted by atomic mass is 15.3. The van der Waals surface area contributed by atoms with Crippen molar-refractivity contribution in [2.75, 3.05) is 0 Å². The summed E-state index contributed by atoms with van der Waals surface area (Å²) in [6.45, 7) is 2.93. The zero-order valence-corrected chi connectivity index (χ0v) is 9.87. The van der Waals surface area contributed by atoms with Gasteiger partial charge < -0.3 is 0 Å². The van der Waals surface area contributed by atoms with Crippen LogP contribution in [0.15, 0.2) is 36.9 Å². The van der Waals surface area contributed by atoms with Crippen LogP contribution in [0.3, 0.4) is 0 Å². The molecule has 2 rings (SSSR count). The number of aromatic nitrogens is 3. The minimum atomic E-state index is 0.0812. The summed E-state index contributed by atoms with van der Waals surface area (Å²) >= 11 is 0. The molecule has 5 nitrogen and oxygen atoms in total. The first-order chi connectivity index (χ1) is 8.33. The molecular formula is C12H17N5. The first-order valence-electron chi connectivity index (χ1n) is 5.71. The fourth-order valence-corrected chi connectivity index (χ4v) is 1.76. The Bertz CT molecular complexity index is 451. The van der Waals surface area contributed by atoms with Crippen molar-refractivity contribution < 1.29 is 0 Å². The summed E-state index contributed by atoms with van der Waals surface area (Å²) in [5.41, 5.74) is 5.13. The molecule has 5 heteroatoms. The van der Waals surface area contributed by atoms with Crippen molar-refractivity contribution in [1.82, 2.24) is 20.2 Å². The van der Waals surface area contributed by atoms with Crippen LogP contribution in [0.25, 0.3) is 0 Å². The van der Waals surface area contributed by atoms with Crippen LogP contribution in [0, 0.1) is 0 Å². The van der Waals surface area contributed by atoms with Gasteiger partial charge in [0.1, 0.15) is 0 Å². The van der Waals surface area contributed by atoms with Gasteiger partial charge in [-0.15, -0.1) is 0 Å².